The van der Waals surface area contributed by atoms with Gasteiger partial charge >= 0.3 is 0 Å². The first-order valence-corrected chi connectivity index (χ1v) is 4.81. The molecule has 0 saturated carbocycles. The average Bonchev–Trinajstić information content (AvgIpc) is 2.57. The van der Waals surface area contributed by atoms with Gasteiger partial charge in [0.2, 0.25) is 0 Å². The Balaban J connectivity index is 2.65. The van der Waals surface area contributed by atoms with Crippen LogP contribution in [0.1, 0.15) is 17.0 Å². The number of nitrogens with zero attached hydrogens (tertiary/aromatic N) is 4. The summed E-state index contributed by atoms with van der Waals surface area (Å²) in [6.45, 7) is 3.81. The molecule has 2 heterocycles. The third kappa shape index (κ3) is 1.61. The summed E-state index contributed by atoms with van der Waals surface area (Å²) < 4.78 is 1.65. The zero-order valence-corrected chi connectivity index (χ0v) is 9.10. The third-order valence-electron chi connectivity index (χ3n) is 2.22. The Bertz CT molecular complexity index is 577. The van der Waals surface area contributed by atoms with Crippen LogP contribution in [0.3, 0.4) is 0 Å². The Kier molecular flexibility index (Phi) is 2.33. The number of nitriles is 1. The maximum Gasteiger partial charge on any atom is 0.171 e. The van der Waals surface area contributed by atoms with Gasteiger partial charge in [-0.05, 0) is 26.0 Å². The Morgan fingerprint density at radius 3 is 2.69 bits per heavy atom. The zero-order chi connectivity index (χ0) is 11.7. The lowest BCUT2D eigenvalue weighted by Crippen LogP contribution is -2.05. The highest BCUT2D eigenvalue weighted by molar-refractivity contribution is 5.51. The number of nitrogen functional groups attached to an aromatic ring is 1. The van der Waals surface area contributed by atoms with Crippen LogP contribution in [0, 0.1) is 25.2 Å². The molecule has 0 radical (unpaired) electrons. The van der Waals surface area contributed by atoms with Crippen LogP contribution in [0.5, 0.6) is 0 Å². The predicted molar refractivity (Wildman–Crippen MR) is 60.0 cm³/mol. The topological polar surface area (TPSA) is 80.5 Å². The van der Waals surface area contributed by atoms with E-state index in [0.717, 1.165) is 11.4 Å². The second kappa shape index (κ2) is 3.66. The summed E-state index contributed by atoms with van der Waals surface area (Å²) in [4.78, 5) is 4.15. The molecule has 0 unspecified atom stereocenters. The van der Waals surface area contributed by atoms with Crippen molar-refractivity contribution >= 4 is 5.69 Å². The van der Waals surface area contributed by atoms with Crippen LogP contribution < -0.4 is 5.73 Å². The van der Waals surface area contributed by atoms with Gasteiger partial charge in [-0.15, -0.1) is 0 Å². The van der Waals surface area contributed by atoms with Gasteiger partial charge in [-0.25, -0.2) is 9.67 Å². The molecule has 2 N–H and O–H groups in total. The minimum atomic E-state index is 0.422. The first kappa shape index (κ1) is 10.2. The molecule has 0 aliphatic rings. The molecule has 2 aromatic rings. The number of rotatable bonds is 1. The molecular formula is C11H11N5. The normalized spacial score (nSPS) is 10.1. The van der Waals surface area contributed by atoms with Crippen molar-refractivity contribution in [2.75, 3.05) is 5.73 Å². The van der Waals surface area contributed by atoms with E-state index in [2.05, 4.69) is 16.2 Å². The van der Waals surface area contributed by atoms with Crippen molar-refractivity contribution in [1.82, 2.24) is 14.8 Å². The monoisotopic (exact) mass is 213 g/mol. The lowest BCUT2D eigenvalue weighted by molar-refractivity contribution is 0.803. The molecule has 5 nitrogen and oxygen atoms in total. The first-order chi connectivity index (χ1) is 7.61. The van der Waals surface area contributed by atoms with Gasteiger partial charge in [0.25, 0.3) is 0 Å². The van der Waals surface area contributed by atoms with Gasteiger partial charge < -0.3 is 5.73 Å². The quantitative estimate of drug-likeness (QED) is 0.775. The summed E-state index contributed by atoms with van der Waals surface area (Å²) in [5.41, 5.74) is 8.30. The number of nitrogens with two attached hydrogens (primary N) is 1. The molecule has 0 aliphatic heterocycles. The van der Waals surface area contributed by atoms with Crippen LogP contribution in [0.2, 0.25) is 0 Å². The largest absolute Gasteiger partial charge is 0.397 e. The van der Waals surface area contributed by atoms with Crippen molar-refractivity contribution in [2.45, 2.75) is 13.8 Å². The fourth-order valence-corrected chi connectivity index (χ4v) is 1.57. The van der Waals surface area contributed by atoms with Crippen molar-refractivity contribution in [3.05, 3.63) is 35.3 Å². The average molecular weight is 213 g/mol. The van der Waals surface area contributed by atoms with Crippen molar-refractivity contribution in [3.8, 4) is 11.9 Å². The smallest absolute Gasteiger partial charge is 0.171 e. The number of aryl methyl sites for hydroxylation is 2. The molecule has 0 fully saturated rings. The molecule has 16 heavy (non-hydrogen) atoms. The minimum Gasteiger partial charge on any atom is -0.397 e. The highest BCUT2D eigenvalue weighted by Crippen LogP contribution is 2.15. The number of hydrogen-bond donors (Lipinski definition) is 1. The van der Waals surface area contributed by atoms with Gasteiger partial charge in [0.1, 0.15) is 6.07 Å². The number of hydrogen-bond acceptors (Lipinski definition) is 4. The van der Waals surface area contributed by atoms with Gasteiger partial charge in [-0.3, -0.25) is 0 Å². The Labute approximate surface area is 93.1 Å². The third-order valence-corrected chi connectivity index (χ3v) is 2.22. The fourth-order valence-electron chi connectivity index (χ4n) is 1.57. The van der Waals surface area contributed by atoms with Crippen LogP contribution in [-0.4, -0.2) is 14.8 Å². The van der Waals surface area contributed by atoms with Gasteiger partial charge in [0.05, 0.1) is 23.1 Å². The molecule has 0 bridgehead atoms. The Morgan fingerprint density at radius 1 is 1.38 bits per heavy atom. The fraction of sp³-hybridized carbons (Fsp3) is 0.182. The molecule has 0 atom stereocenters. The molecule has 0 amide bonds. The van der Waals surface area contributed by atoms with E-state index in [9.17, 15) is 0 Å². The van der Waals surface area contributed by atoms with Crippen LogP contribution in [0.25, 0.3) is 5.82 Å². The highest BCUT2D eigenvalue weighted by atomic mass is 15.3. The molecule has 0 saturated heterocycles. The maximum absolute atomic E-state index is 9.02. The van der Waals surface area contributed by atoms with Crippen molar-refractivity contribution in [2.24, 2.45) is 0 Å². The minimum absolute atomic E-state index is 0.422. The standard InChI is InChI=1S/C11H11N5/c1-7-3-8(2)16(15-7)11-9(5-12)4-10(13)6-14-11/h3-4,6H,13H2,1-2H3. The van der Waals surface area contributed by atoms with E-state index in [4.69, 9.17) is 11.0 Å². The summed E-state index contributed by atoms with van der Waals surface area (Å²) in [5, 5.41) is 13.3. The van der Waals surface area contributed by atoms with Crippen LogP contribution in [0.15, 0.2) is 18.3 Å². The summed E-state index contributed by atoms with van der Waals surface area (Å²) in [5.74, 6) is 0.516. The molecule has 5 heteroatoms. The van der Waals surface area contributed by atoms with Crippen LogP contribution >= 0.6 is 0 Å². The Hall–Kier alpha value is -2.35. The van der Waals surface area contributed by atoms with E-state index >= 15 is 0 Å². The van der Waals surface area contributed by atoms with E-state index < -0.39 is 0 Å². The summed E-state index contributed by atoms with van der Waals surface area (Å²) in [6.07, 6.45) is 1.52. The van der Waals surface area contributed by atoms with E-state index in [0.29, 0.717) is 17.1 Å². The maximum atomic E-state index is 9.02. The van der Waals surface area contributed by atoms with E-state index in [1.807, 2.05) is 19.9 Å². The Morgan fingerprint density at radius 2 is 2.12 bits per heavy atom. The second-order valence-corrected chi connectivity index (χ2v) is 3.59. The highest BCUT2D eigenvalue weighted by Gasteiger charge is 2.10. The van der Waals surface area contributed by atoms with Crippen molar-refractivity contribution in [1.29, 1.82) is 5.26 Å². The molecule has 2 aromatic heterocycles. The predicted octanol–water partition coefficient (Wildman–Crippen LogP) is 1.34. The molecular weight excluding hydrogens is 202 g/mol. The van der Waals surface area contributed by atoms with Crippen molar-refractivity contribution < 1.29 is 0 Å². The lowest BCUT2D eigenvalue weighted by Gasteiger charge is -2.05. The van der Waals surface area contributed by atoms with E-state index in [1.54, 1.807) is 10.7 Å². The van der Waals surface area contributed by atoms with Crippen molar-refractivity contribution in [3.63, 3.8) is 0 Å². The SMILES string of the molecule is Cc1cc(C)n(-c2ncc(N)cc2C#N)n1. The van der Waals surface area contributed by atoms with Gasteiger partial charge in [0, 0.05) is 5.69 Å². The summed E-state index contributed by atoms with van der Waals surface area (Å²) in [7, 11) is 0. The van der Waals surface area contributed by atoms with Gasteiger partial charge in [0.15, 0.2) is 5.82 Å². The molecule has 2 rings (SSSR count). The first-order valence-electron chi connectivity index (χ1n) is 4.81. The summed E-state index contributed by atoms with van der Waals surface area (Å²) >= 11 is 0. The second-order valence-electron chi connectivity index (χ2n) is 3.59. The van der Waals surface area contributed by atoms with Gasteiger partial charge in [-0.2, -0.15) is 10.4 Å². The number of pyridine rings is 1. The lowest BCUT2D eigenvalue weighted by atomic mass is 10.2. The van der Waals surface area contributed by atoms with Gasteiger partial charge in [-0.1, -0.05) is 0 Å². The van der Waals surface area contributed by atoms with E-state index in [1.165, 1.54) is 6.20 Å². The van der Waals surface area contributed by atoms with E-state index in [-0.39, 0.29) is 0 Å². The summed E-state index contributed by atoms with van der Waals surface area (Å²) in [6, 6.07) is 5.59. The number of aromatic nitrogens is 3. The zero-order valence-electron chi connectivity index (χ0n) is 9.10. The molecule has 0 spiro atoms. The van der Waals surface area contributed by atoms with Crippen LogP contribution in [-0.2, 0) is 0 Å². The molecule has 80 valence electrons. The number of anilines is 1. The van der Waals surface area contributed by atoms with Crippen LogP contribution in [0.4, 0.5) is 5.69 Å². The molecule has 0 aliphatic carbocycles. The molecule has 0 aromatic carbocycles.